The molecule has 0 saturated carbocycles. The summed E-state index contributed by atoms with van der Waals surface area (Å²) in [5, 5.41) is 10.7. The number of nitro benzene ring substituents is 1. The molecule has 0 atom stereocenters. The van der Waals surface area contributed by atoms with Gasteiger partial charge in [-0.05, 0) is 18.9 Å². The van der Waals surface area contributed by atoms with Crippen LogP contribution >= 0.6 is 12.4 Å². The Labute approximate surface area is 121 Å². The topological polar surface area (TPSA) is 98.4 Å². The molecule has 0 spiro atoms. The lowest BCUT2D eigenvalue weighted by Gasteiger charge is -2.28. The molecule has 1 saturated heterocycles. The lowest BCUT2D eigenvalue weighted by Crippen LogP contribution is -2.39. The lowest BCUT2D eigenvalue weighted by molar-refractivity contribution is -0.384. The third kappa shape index (κ3) is 2.68. The van der Waals surface area contributed by atoms with E-state index in [-0.39, 0.29) is 24.1 Å². The van der Waals surface area contributed by atoms with Crippen molar-refractivity contribution in [3.63, 3.8) is 0 Å². The van der Waals surface area contributed by atoms with Crippen LogP contribution in [-0.2, 0) is 0 Å². The Morgan fingerprint density at radius 1 is 1.40 bits per heavy atom. The second-order valence-electron chi connectivity index (χ2n) is 4.73. The summed E-state index contributed by atoms with van der Waals surface area (Å²) in [5.41, 5.74) is 6.95. The van der Waals surface area contributed by atoms with Crippen LogP contribution in [0.1, 0.15) is 12.8 Å². The summed E-state index contributed by atoms with van der Waals surface area (Å²) in [4.78, 5) is 16.6. The van der Waals surface area contributed by atoms with E-state index in [0.717, 1.165) is 25.9 Å². The van der Waals surface area contributed by atoms with Gasteiger partial charge in [0.25, 0.3) is 11.7 Å². The van der Waals surface area contributed by atoms with Crippen molar-refractivity contribution in [2.45, 2.75) is 18.9 Å². The number of piperidine rings is 1. The average molecular weight is 299 g/mol. The van der Waals surface area contributed by atoms with E-state index in [4.69, 9.17) is 10.2 Å². The second kappa shape index (κ2) is 5.64. The molecule has 0 aliphatic carbocycles. The average Bonchev–Trinajstić information content (AvgIpc) is 2.82. The Morgan fingerprint density at radius 3 is 2.75 bits per heavy atom. The van der Waals surface area contributed by atoms with E-state index in [1.807, 2.05) is 4.90 Å². The van der Waals surface area contributed by atoms with Gasteiger partial charge in [-0.1, -0.05) is 0 Å². The zero-order valence-electron chi connectivity index (χ0n) is 10.7. The predicted molar refractivity (Wildman–Crippen MR) is 77.3 cm³/mol. The van der Waals surface area contributed by atoms with Crippen molar-refractivity contribution in [1.29, 1.82) is 0 Å². The monoisotopic (exact) mass is 298 g/mol. The molecule has 7 nitrogen and oxygen atoms in total. The van der Waals surface area contributed by atoms with Gasteiger partial charge in [0.2, 0.25) is 0 Å². The van der Waals surface area contributed by atoms with Crippen molar-refractivity contribution in [2.24, 2.45) is 5.73 Å². The summed E-state index contributed by atoms with van der Waals surface area (Å²) in [6, 6.07) is 5.19. The van der Waals surface area contributed by atoms with Crippen LogP contribution in [0.2, 0.25) is 0 Å². The summed E-state index contributed by atoms with van der Waals surface area (Å²) in [5.74, 6) is 0. The van der Waals surface area contributed by atoms with E-state index in [1.54, 1.807) is 6.07 Å². The second-order valence-corrected chi connectivity index (χ2v) is 4.73. The zero-order valence-corrected chi connectivity index (χ0v) is 11.5. The normalized spacial score (nSPS) is 16.1. The fourth-order valence-corrected chi connectivity index (χ4v) is 2.24. The summed E-state index contributed by atoms with van der Waals surface area (Å²) >= 11 is 0. The Bertz CT molecular complexity index is 622. The maximum atomic E-state index is 10.7. The molecule has 1 fully saturated rings. The quantitative estimate of drug-likeness (QED) is 0.673. The van der Waals surface area contributed by atoms with Crippen LogP contribution in [0.15, 0.2) is 22.6 Å². The molecule has 0 bridgehead atoms. The van der Waals surface area contributed by atoms with Gasteiger partial charge in [-0.15, -0.1) is 12.4 Å². The van der Waals surface area contributed by atoms with Gasteiger partial charge in [0.15, 0.2) is 5.58 Å². The lowest BCUT2D eigenvalue weighted by atomic mass is 10.1. The number of nitrogens with zero attached hydrogens (tertiary/aromatic N) is 3. The first kappa shape index (κ1) is 14.5. The van der Waals surface area contributed by atoms with Crippen LogP contribution in [0, 0.1) is 10.1 Å². The molecule has 1 aromatic heterocycles. The number of nitrogens with two attached hydrogens (primary N) is 1. The molecule has 20 heavy (non-hydrogen) atoms. The number of nitro groups is 1. The zero-order chi connectivity index (χ0) is 13.4. The predicted octanol–water partition coefficient (Wildman–Crippen LogP) is 2.09. The van der Waals surface area contributed by atoms with Crippen LogP contribution in [0.4, 0.5) is 11.7 Å². The molecule has 3 rings (SSSR count). The summed E-state index contributed by atoms with van der Waals surface area (Å²) in [6.45, 7) is 1.60. The van der Waals surface area contributed by atoms with Crippen molar-refractivity contribution in [1.82, 2.24) is 4.98 Å². The van der Waals surface area contributed by atoms with Crippen molar-refractivity contribution >= 4 is 35.2 Å². The first-order valence-corrected chi connectivity index (χ1v) is 6.19. The first-order valence-electron chi connectivity index (χ1n) is 6.19. The highest BCUT2D eigenvalue weighted by molar-refractivity contribution is 5.85. The van der Waals surface area contributed by atoms with E-state index in [2.05, 4.69) is 4.98 Å². The van der Waals surface area contributed by atoms with Gasteiger partial charge in [0.05, 0.1) is 4.92 Å². The Hall–Kier alpha value is -1.86. The van der Waals surface area contributed by atoms with E-state index in [0.29, 0.717) is 17.1 Å². The number of halogens is 1. The van der Waals surface area contributed by atoms with Crippen molar-refractivity contribution in [3.05, 3.63) is 28.3 Å². The number of rotatable bonds is 2. The highest BCUT2D eigenvalue weighted by Crippen LogP contribution is 2.26. The SMILES string of the molecule is Cl.NC1CCN(c2nc3cc([N+](=O)[O-])ccc3o2)CC1. The van der Waals surface area contributed by atoms with Gasteiger partial charge in [-0.3, -0.25) is 10.1 Å². The molecule has 1 aliphatic rings. The molecule has 1 aliphatic heterocycles. The molecule has 2 N–H and O–H groups in total. The third-order valence-corrected chi connectivity index (χ3v) is 3.38. The third-order valence-electron chi connectivity index (χ3n) is 3.38. The van der Waals surface area contributed by atoms with Crippen molar-refractivity contribution in [2.75, 3.05) is 18.0 Å². The molecule has 0 unspecified atom stereocenters. The van der Waals surface area contributed by atoms with Gasteiger partial charge in [-0.25, -0.2) is 0 Å². The van der Waals surface area contributed by atoms with Gasteiger partial charge < -0.3 is 15.1 Å². The van der Waals surface area contributed by atoms with Gasteiger partial charge in [0, 0.05) is 31.3 Å². The van der Waals surface area contributed by atoms with Crippen molar-refractivity contribution in [3.8, 4) is 0 Å². The molecule has 2 aromatic rings. The summed E-state index contributed by atoms with van der Waals surface area (Å²) in [7, 11) is 0. The summed E-state index contributed by atoms with van der Waals surface area (Å²) < 4.78 is 5.63. The van der Waals surface area contributed by atoms with Crippen LogP contribution in [-0.4, -0.2) is 29.0 Å². The maximum absolute atomic E-state index is 10.7. The largest absolute Gasteiger partial charge is 0.423 e. The van der Waals surface area contributed by atoms with Gasteiger partial charge >= 0.3 is 0 Å². The molecular weight excluding hydrogens is 284 g/mol. The fraction of sp³-hybridized carbons (Fsp3) is 0.417. The highest BCUT2D eigenvalue weighted by Gasteiger charge is 2.21. The number of hydrogen-bond donors (Lipinski definition) is 1. The molecule has 2 heterocycles. The molecule has 1 aromatic carbocycles. The minimum atomic E-state index is -0.437. The fourth-order valence-electron chi connectivity index (χ4n) is 2.24. The number of fused-ring (bicyclic) bond motifs is 1. The van der Waals surface area contributed by atoms with Crippen LogP contribution in [0.25, 0.3) is 11.1 Å². The molecular formula is C12H15ClN4O3. The van der Waals surface area contributed by atoms with E-state index < -0.39 is 4.92 Å². The smallest absolute Gasteiger partial charge is 0.298 e. The number of benzene rings is 1. The highest BCUT2D eigenvalue weighted by atomic mass is 35.5. The van der Waals surface area contributed by atoms with E-state index >= 15 is 0 Å². The van der Waals surface area contributed by atoms with Crippen LogP contribution in [0.5, 0.6) is 0 Å². The number of non-ortho nitro benzene ring substituents is 1. The Balaban J connectivity index is 0.00000147. The van der Waals surface area contributed by atoms with E-state index in [9.17, 15) is 10.1 Å². The van der Waals surface area contributed by atoms with Gasteiger partial charge in [-0.2, -0.15) is 4.98 Å². The number of aromatic nitrogens is 1. The Morgan fingerprint density at radius 2 is 2.10 bits per heavy atom. The van der Waals surface area contributed by atoms with Crippen molar-refractivity contribution < 1.29 is 9.34 Å². The standard InChI is InChI=1S/C12H14N4O3.ClH/c13-8-3-5-15(6-4-8)12-14-10-7-9(16(17)18)1-2-11(10)19-12;/h1-2,7-8H,3-6,13H2;1H. The minimum Gasteiger partial charge on any atom is -0.423 e. The van der Waals surface area contributed by atoms with Gasteiger partial charge in [0.1, 0.15) is 5.52 Å². The molecule has 0 radical (unpaired) electrons. The van der Waals surface area contributed by atoms with Crippen LogP contribution in [0.3, 0.4) is 0 Å². The van der Waals surface area contributed by atoms with Crippen LogP contribution < -0.4 is 10.6 Å². The number of oxazole rings is 1. The number of anilines is 1. The maximum Gasteiger partial charge on any atom is 0.298 e. The minimum absolute atomic E-state index is 0. The Kier molecular flexibility index (Phi) is 4.10. The molecule has 108 valence electrons. The van der Waals surface area contributed by atoms with E-state index in [1.165, 1.54) is 12.1 Å². The molecule has 0 amide bonds. The first-order chi connectivity index (χ1) is 9.13. The number of hydrogen-bond acceptors (Lipinski definition) is 6. The summed E-state index contributed by atoms with van der Waals surface area (Å²) in [6.07, 6.45) is 1.80. The molecule has 8 heteroatoms.